The van der Waals surface area contributed by atoms with E-state index in [0.717, 1.165) is 5.82 Å². The lowest BCUT2D eigenvalue weighted by atomic mass is 10.2. The van der Waals surface area contributed by atoms with Crippen molar-refractivity contribution in [2.75, 3.05) is 44.1 Å². The lowest BCUT2D eigenvalue weighted by molar-refractivity contribution is -0.0107. The standard InChI is InChI=1S/C12H20N4O3/c1-8-6-19-9(5-17)4-16(8)12-10(18-3)11(13-2)14-7-15-12/h7-9,17H,4-6H2,1-3H3,(H,13,14,15). The first-order valence-corrected chi connectivity index (χ1v) is 6.27. The van der Waals surface area contributed by atoms with Crippen molar-refractivity contribution in [3.05, 3.63) is 6.33 Å². The minimum Gasteiger partial charge on any atom is -0.490 e. The molecule has 0 radical (unpaired) electrons. The van der Waals surface area contributed by atoms with Gasteiger partial charge in [0.05, 0.1) is 32.5 Å². The van der Waals surface area contributed by atoms with Crippen LogP contribution in [-0.2, 0) is 4.74 Å². The Balaban J connectivity index is 2.33. The molecule has 0 aliphatic carbocycles. The molecular weight excluding hydrogens is 248 g/mol. The zero-order chi connectivity index (χ0) is 13.8. The van der Waals surface area contributed by atoms with Crippen LogP contribution in [0.4, 0.5) is 11.6 Å². The van der Waals surface area contributed by atoms with Crippen LogP contribution in [0.1, 0.15) is 6.92 Å². The Hall–Kier alpha value is -1.60. The first-order chi connectivity index (χ1) is 9.21. The summed E-state index contributed by atoms with van der Waals surface area (Å²) in [6.07, 6.45) is 1.30. The summed E-state index contributed by atoms with van der Waals surface area (Å²) in [5.41, 5.74) is 0. The van der Waals surface area contributed by atoms with E-state index in [-0.39, 0.29) is 18.8 Å². The largest absolute Gasteiger partial charge is 0.490 e. The lowest BCUT2D eigenvalue weighted by Gasteiger charge is -2.38. The molecule has 2 unspecified atom stereocenters. The number of aromatic nitrogens is 2. The highest BCUT2D eigenvalue weighted by atomic mass is 16.5. The summed E-state index contributed by atoms with van der Waals surface area (Å²) >= 11 is 0. The quantitative estimate of drug-likeness (QED) is 0.802. The molecule has 0 amide bonds. The Labute approximate surface area is 112 Å². The molecule has 7 nitrogen and oxygen atoms in total. The lowest BCUT2D eigenvalue weighted by Crippen LogP contribution is -2.50. The number of hydrogen-bond acceptors (Lipinski definition) is 7. The first-order valence-electron chi connectivity index (χ1n) is 6.27. The van der Waals surface area contributed by atoms with Gasteiger partial charge in [-0.1, -0.05) is 0 Å². The molecule has 0 aromatic carbocycles. The molecule has 106 valence electrons. The summed E-state index contributed by atoms with van der Waals surface area (Å²) in [7, 11) is 3.38. The Bertz CT molecular complexity index is 429. The molecule has 2 rings (SSSR count). The Morgan fingerprint density at radius 1 is 1.58 bits per heavy atom. The van der Waals surface area contributed by atoms with Crippen molar-refractivity contribution in [2.45, 2.75) is 19.1 Å². The van der Waals surface area contributed by atoms with Gasteiger partial charge in [-0.25, -0.2) is 9.97 Å². The number of morpholine rings is 1. The number of methoxy groups -OCH3 is 1. The number of nitrogens with zero attached hydrogens (tertiary/aromatic N) is 3. The van der Waals surface area contributed by atoms with Crippen molar-refractivity contribution in [3.63, 3.8) is 0 Å². The molecule has 0 spiro atoms. The van der Waals surface area contributed by atoms with Gasteiger partial charge in [-0.3, -0.25) is 0 Å². The molecule has 1 aromatic heterocycles. The fourth-order valence-electron chi connectivity index (χ4n) is 2.16. The van der Waals surface area contributed by atoms with E-state index in [4.69, 9.17) is 9.47 Å². The van der Waals surface area contributed by atoms with Crippen molar-refractivity contribution >= 4 is 11.6 Å². The summed E-state index contributed by atoms with van der Waals surface area (Å²) < 4.78 is 10.9. The van der Waals surface area contributed by atoms with Gasteiger partial charge in [-0.05, 0) is 6.92 Å². The summed E-state index contributed by atoms with van der Waals surface area (Å²) in [6.45, 7) is 3.17. The third-order valence-corrected chi connectivity index (χ3v) is 3.21. The van der Waals surface area contributed by atoms with Gasteiger partial charge in [-0.2, -0.15) is 0 Å². The number of hydrogen-bond donors (Lipinski definition) is 2. The smallest absolute Gasteiger partial charge is 0.204 e. The van der Waals surface area contributed by atoms with E-state index in [1.165, 1.54) is 6.33 Å². The number of aliphatic hydroxyl groups is 1. The number of ether oxygens (including phenoxy) is 2. The van der Waals surface area contributed by atoms with E-state index < -0.39 is 0 Å². The van der Waals surface area contributed by atoms with E-state index >= 15 is 0 Å². The van der Waals surface area contributed by atoms with Crippen molar-refractivity contribution in [1.29, 1.82) is 0 Å². The van der Waals surface area contributed by atoms with Crippen molar-refractivity contribution in [3.8, 4) is 5.75 Å². The third-order valence-electron chi connectivity index (χ3n) is 3.21. The van der Waals surface area contributed by atoms with Gasteiger partial charge in [0, 0.05) is 13.6 Å². The molecule has 0 saturated carbocycles. The van der Waals surface area contributed by atoms with E-state index in [0.29, 0.717) is 24.7 Å². The van der Waals surface area contributed by atoms with Crippen LogP contribution in [0.3, 0.4) is 0 Å². The van der Waals surface area contributed by atoms with Crippen LogP contribution in [-0.4, -0.2) is 61.1 Å². The van der Waals surface area contributed by atoms with Crippen LogP contribution in [0.25, 0.3) is 0 Å². The highest BCUT2D eigenvalue weighted by molar-refractivity contribution is 5.65. The maximum absolute atomic E-state index is 9.24. The molecule has 7 heteroatoms. The van der Waals surface area contributed by atoms with Crippen LogP contribution >= 0.6 is 0 Å². The molecule has 1 aliphatic rings. The maximum atomic E-state index is 9.24. The Morgan fingerprint density at radius 2 is 2.37 bits per heavy atom. The Kier molecular flexibility index (Phi) is 4.39. The monoisotopic (exact) mass is 268 g/mol. The molecule has 1 aliphatic heterocycles. The molecule has 2 atom stereocenters. The average Bonchev–Trinajstić information content (AvgIpc) is 2.46. The number of rotatable bonds is 4. The zero-order valence-corrected chi connectivity index (χ0v) is 11.5. The maximum Gasteiger partial charge on any atom is 0.204 e. The van der Waals surface area contributed by atoms with E-state index in [1.807, 2.05) is 6.92 Å². The van der Waals surface area contributed by atoms with Crippen LogP contribution in [0.2, 0.25) is 0 Å². The van der Waals surface area contributed by atoms with Gasteiger partial charge in [0.25, 0.3) is 0 Å². The predicted octanol–water partition coefficient (Wildman–Crippen LogP) is 0.113. The van der Waals surface area contributed by atoms with Gasteiger partial charge in [0.15, 0.2) is 11.6 Å². The summed E-state index contributed by atoms with van der Waals surface area (Å²) in [6, 6.07) is 0.163. The van der Waals surface area contributed by atoms with Crippen LogP contribution in [0, 0.1) is 0 Å². The fourth-order valence-corrected chi connectivity index (χ4v) is 2.16. The number of aliphatic hydroxyl groups excluding tert-OH is 1. The van der Waals surface area contributed by atoms with E-state index in [9.17, 15) is 5.11 Å². The van der Waals surface area contributed by atoms with Gasteiger partial charge >= 0.3 is 0 Å². The first kappa shape index (κ1) is 13.8. The average molecular weight is 268 g/mol. The second kappa shape index (κ2) is 6.03. The summed E-state index contributed by atoms with van der Waals surface area (Å²) in [5.74, 6) is 1.97. The van der Waals surface area contributed by atoms with Crippen molar-refractivity contribution in [1.82, 2.24) is 9.97 Å². The normalized spacial score (nSPS) is 23.3. The number of nitrogens with one attached hydrogen (secondary N) is 1. The minimum absolute atomic E-state index is 0.00446. The summed E-state index contributed by atoms with van der Waals surface area (Å²) in [5, 5.41) is 12.2. The Morgan fingerprint density at radius 3 is 3.00 bits per heavy atom. The predicted molar refractivity (Wildman–Crippen MR) is 71.8 cm³/mol. The molecule has 2 heterocycles. The SMILES string of the molecule is CNc1ncnc(N2CC(CO)OCC2C)c1OC. The van der Waals surface area contributed by atoms with Crippen LogP contribution in [0.15, 0.2) is 6.33 Å². The fraction of sp³-hybridized carbons (Fsp3) is 0.667. The minimum atomic E-state index is -0.200. The summed E-state index contributed by atoms with van der Waals surface area (Å²) in [4.78, 5) is 10.5. The molecule has 1 saturated heterocycles. The topological polar surface area (TPSA) is 79.7 Å². The van der Waals surface area contributed by atoms with Crippen molar-refractivity contribution < 1.29 is 14.6 Å². The molecule has 1 aromatic rings. The van der Waals surface area contributed by atoms with Gasteiger partial charge in [-0.15, -0.1) is 0 Å². The second-order valence-corrected chi connectivity index (χ2v) is 4.47. The van der Waals surface area contributed by atoms with Crippen LogP contribution in [0.5, 0.6) is 5.75 Å². The molecule has 0 bridgehead atoms. The molecule has 2 N–H and O–H groups in total. The zero-order valence-electron chi connectivity index (χ0n) is 11.5. The second-order valence-electron chi connectivity index (χ2n) is 4.47. The molecule has 19 heavy (non-hydrogen) atoms. The van der Waals surface area contributed by atoms with E-state index in [1.54, 1.807) is 14.2 Å². The molecular formula is C12H20N4O3. The van der Waals surface area contributed by atoms with Crippen LogP contribution < -0.4 is 15.0 Å². The van der Waals surface area contributed by atoms with E-state index in [2.05, 4.69) is 20.2 Å². The number of anilines is 2. The van der Waals surface area contributed by atoms with Gasteiger partial charge in [0.1, 0.15) is 6.33 Å². The highest BCUT2D eigenvalue weighted by Gasteiger charge is 2.29. The van der Waals surface area contributed by atoms with Crippen molar-refractivity contribution in [2.24, 2.45) is 0 Å². The van der Waals surface area contributed by atoms with Gasteiger partial charge < -0.3 is 24.8 Å². The highest BCUT2D eigenvalue weighted by Crippen LogP contribution is 2.33. The third kappa shape index (κ3) is 2.71. The van der Waals surface area contributed by atoms with Gasteiger partial charge in [0.2, 0.25) is 5.75 Å². The molecule has 1 fully saturated rings.